The van der Waals surface area contributed by atoms with Crippen LogP contribution in [0.15, 0.2) is 73.3 Å². The maximum atomic E-state index is 13.3. The van der Waals surface area contributed by atoms with Crippen LogP contribution < -0.4 is 10.6 Å². The standard InChI is InChI=1S/C26H26FN3O4/c1-5-6-16(2)15-34-30-17(3)23-13-21(29-18(4)31)11-12-22(23)24(26(30)33)25(32)28-14-19-7-9-20(27)10-8-19/h5-13,24H,1,3,14-15H2,2,4H3,(H,28,32)(H,29,31). The Labute approximate surface area is 197 Å². The monoisotopic (exact) mass is 463 g/mol. The smallest absolute Gasteiger partial charge is 0.267 e. The van der Waals surface area contributed by atoms with E-state index >= 15 is 0 Å². The lowest BCUT2D eigenvalue weighted by molar-refractivity contribution is -0.168. The fraction of sp³-hybridized carbons (Fsp3) is 0.192. The Bertz CT molecular complexity index is 1170. The number of nitrogens with zero attached hydrogens (tertiary/aromatic N) is 1. The van der Waals surface area contributed by atoms with E-state index in [4.69, 9.17) is 4.84 Å². The first-order valence-electron chi connectivity index (χ1n) is 10.6. The molecule has 0 saturated heterocycles. The number of carbonyl (C=O) groups is 3. The van der Waals surface area contributed by atoms with Crippen molar-refractivity contribution in [2.75, 3.05) is 11.9 Å². The summed E-state index contributed by atoms with van der Waals surface area (Å²) in [5.41, 5.74) is 3.18. The van der Waals surface area contributed by atoms with E-state index in [1.165, 1.54) is 19.1 Å². The zero-order valence-electron chi connectivity index (χ0n) is 19.1. The molecule has 7 nitrogen and oxygen atoms in total. The van der Waals surface area contributed by atoms with Crippen LogP contribution in [0.4, 0.5) is 10.1 Å². The summed E-state index contributed by atoms with van der Waals surface area (Å²) in [5, 5.41) is 6.44. The van der Waals surface area contributed by atoms with Crippen molar-refractivity contribution in [2.45, 2.75) is 26.3 Å². The van der Waals surface area contributed by atoms with E-state index in [1.54, 1.807) is 42.5 Å². The summed E-state index contributed by atoms with van der Waals surface area (Å²) in [5.74, 6) is -2.97. The third kappa shape index (κ3) is 5.65. The summed E-state index contributed by atoms with van der Waals surface area (Å²) in [6.45, 7) is 11.0. The number of benzene rings is 2. The average molecular weight is 464 g/mol. The number of halogens is 1. The lowest BCUT2D eigenvalue weighted by Crippen LogP contribution is -2.45. The summed E-state index contributed by atoms with van der Waals surface area (Å²) in [4.78, 5) is 43.7. The van der Waals surface area contributed by atoms with E-state index in [0.29, 0.717) is 22.4 Å². The van der Waals surface area contributed by atoms with Gasteiger partial charge in [-0.1, -0.05) is 43.5 Å². The first-order valence-corrected chi connectivity index (χ1v) is 10.6. The molecule has 1 aliphatic heterocycles. The molecule has 0 radical (unpaired) electrons. The van der Waals surface area contributed by atoms with Crippen LogP contribution in [0.3, 0.4) is 0 Å². The summed E-state index contributed by atoms with van der Waals surface area (Å²) in [6.07, 6.45) is 3.35. The van der Waals surface area contributed by atoms with Crippen LogP contribution in [0.2, 0.25) is 0 Å². The van der Waals surface area contributed by atoms with E-state index in [1.807, 2.05) is 6.92 Å². The number of hydrogen-bond acceptors (Lipinski definition) is 4. The fourth-order valence-corrected chi connectivity index (χ4v) is 3.54. The molecule has 2 aromatic rings. The van der Waals surface area contributed by atoms with E-state index in [2.05, 4.69) is 23.8 Å². The van der Waals surface area contributed by atoms with Gasteiger partial charge in [0.05, 0.1) is 12.3 Å². The maximum absolute atomic E-state index is 13.3. The number of hydroxylamine groups is 2. The third-order valence-corrected chi connectivity index (χ3v) is 5.15. The predicted molar refractivity (Wildman–Crippen MR) is 128 cm³/mol. The highest BCUT2D eigenvalue weighted by atomic mass is 19.1. The number of allylic oxidation sites excluding steroid dienone is 2. The Hall–Kier alpha value is -4.04. The topological polar surface area (TPSA) is 87.7 Å². The first-order chi connectivity index (χ1) is 16.2. The van der Waals surface area contributed by atoms with Crippen molar-refractivity contribution in [3.8, 4) is 0 Å². The number of carbonyl (C=O) groups excluding carboxylic acids is 3. The van der Waals surface area contributed by atoms with E-state index in [9.17, 15) is 18.8 Å². The molecule has 2 aromatic carbocycles. The lowest BCUT2D eigenvalue weighted by atomic mass is 9.87. The van der Waals surface area contributed by atoms with Crippen LogP contribution >= 0.6 is 0 Å². The highest BCUT2D eigenvalue weighted by Crippen LogP contribution is 2.37. The van der Waals surface area contributed by atoms with Gasteiger partial charge >= 0.3 is 0 Å². The Morgan fingerprint density at radius 3 is 2.53 bits per heavy atom. The molecule has 3 rings (SSSR count). The number of amides is 3. The molecular weight excluding hydrogens is 437 g/mol. The highest BCUT2D eigenvalue weighted by Gasteiger charge is 2.41. The van der Waals surface area contributed by atoms with Crippen molar-refractivity contribution >= 4 is 29.1 Å². The van der Waals surface area contributed by atoms with Crippen molar-refractivity contribution in [2.24, 2.45) is 0 Å². The summed E-state index contributed by atoms with van der Waals surface area (Å²) >= 11 is 0. The summed E-state index contributed by atoms with van der Waals surface area (Å²) < 4.78 is 13.2. The molecule has 0 aromatic heterocycles. The van der Waals surface area contributed by atoms with Crippen LogP contribution in [0.25, 0.3) is 5.70 Å². The van der Waals surface area contributed by atoms with Crippen molar-refractivity contribution in [1.82, 2.24) is 10.4 Å². The SMILES string of the molecule is C=CC=C(C)CON1C(=C)c2cc(NC(C)=O)ccc2C(C(=O)NCc2ccc(F)cc2)C1=O. The molecule has 0 bridgehead atoms. The maximum Gasteiger partial charge on any atom is 0.267 e. The minimum Gasteiger partial charge on any atom is -0.351 e. The van der Waals surface area contributed by atoms with Gasteiger partial charge in [0.15, 0.2) is 0 Å². The van der Waals surface area contributed by atoms with Crippen molar-refractivity contribution in [3.05, 3.63) is 95.9 Å². The Morgan fingerprint density at radius 1 is 1.18 bits per heavy atom. The predicted octanol–water partition coefficient (Wildman–Crippen LogP) is 4.06. The van der Waals surface area contributed by atoms with Crippen molar-refractivity contribution < 1.29 is 23.6 Å². The van der Waals surface area contributed by atoms with Gasteiger partial charge in [-0.15, -0.1) is 0 Å². The molecule has 1 atom stereocenters. The number of hydrogen-bond donors (Lipinski definition) is 2. The molecule has 1 heterocycles. The van der Waals surface area contributed by atoms with Crippen LogP contribution in [0, 0.1) is 5.82 Å². The van der Waals surface area contributed by atoms with Crippen LogP contribution in [0.5, 0.6) is 0 Å². The second kappa shape index (κ2) is 10.7. The van der Waals surface area contributed by atoms with Gasteiger partial charge in [0.25, 0.3) is 5.91 Å². The molecule has 8 heteroatoms. The van der Waals surface area contributed by atoms with E-state index < -0.39 is 17.7 Å². The molecule has 0 aliphatic carbocycles. The molecule has 0 saturated carbocycles. The highest BCUT2D eigenvalue weighted by molar-refractivity contribution is 6.11. The molecule has 1 unspecified atom stereocenters. The Balaban J connectivity index is 1.92. The minimum atomic E-state index is -1.20. The molecule has 34 heavy (non-hydrogen) atoms. The van der Waals surface area contributed by atoms with E-state index in [-0.39, 0.29) is 30.6 Å². The number of rotatable bonds is 8. The largest absolute Gasteiger partial charge is 0.351 e. The summed E-state index contributed by atoms with van der Waals surface area (Å²) in [7, 11) is 0. The number of anilines is 1. The first kappa shape index (κ1) is 24.6. The normalized spacial score (nSPS) is 15.6. The molecular formula is C26H26FN3O4. The van der Waals surface area contributed by atoms with Crippen molar-refractivity contribution in [3.63, 3.8) is 0 Å². The Kier molecular flexibility index (Phi) is 7.75. The zero-order valence-corrected chi connectivity index (χ0v) is 19.1. The van der Waals surface area contributed by atoms with Gasteiger partial charge in [-0.05, 0) is 47.9 Å². The van der Waals surface area contributed by atoms with Gasteiger partial charge in [0, 0.05) is 24.7 Å². The molecule has 3 amide bonds. The zero-order chi connectivity index (χ0) is 24.8. The van der Waals surface area contributed by atoms with Gasteiger partial charge in [-0.2, -0.15) is 5.06 Å². The van der Waals surface area contributed by atoms with Gasteiger partial charge in [0.2, 0.25) is 11.8 Å². The Morgan fingerprint density at radius 2 is 1.88 bits per heavy atom. The summed E-state index contributed by atoms with van der Waals surface area (Å²) in [6, 6.07) is 10.6. The van der Waals surface area contributed by atoms with Gasteiger partial charge in [-0.3, -0.25) is 19.2 Å². The number of nitrogens with one attached hydrogen (secondary N) is 2. The molecule has 1 aliphatic rings. The number of fused-ring (bicyclic) bond motifs is 1. The van der Waals surface area contributed by atoms with Gasteiger partial charge < -0.3 is 10.6 Å². The van der Waals surface area contributed by atoms with E-state index in [0.717, 1.165) is 10.6 Å². The minimum absolute atomic E-state index is 0.0847. The lowest BCUT2D eigenvalue weighted by Gasteiger charge is -2.34. The molecule has 0 spiro atoms. The molecule has 0 fully saturated rings. The third-order valence-electron chi connectivity index (χ3n) is 5.15. The molecule has 176 valence electrons. The van der Waals surface area contributed by atoms with Crippen LogP contribution in [0.1, 0.15) is 36.5 Å². The quantitative estimate of drug-likeness (QED) is 0.457. The van der Waals surface area contributed by atoms with Crippen LogP contribution in [-0.4, -0.2) is 29.4 Å². The van der Waals surface area contributed by atoms with Gasteiger partial charge in [0.1, 0.15) is 11.7 Å². The fourth-order valence-electron chi connectivity index (χ4n) is 3.54. The second-order valence-electron chi connectivity index (χ2n) is 7.86. The second-order valence-corrected chi connectivity index (χ2v) is 7.86. The average Bonchev–Trinajstić information content (AvgIpc) is 2.79. The van der Waals surface area contributed by atoms with Crippen LogP contribution in [-0.2, 0) is 25.8 Å². The van der Waals surface area contributed by atoms with Crippen molar-refractivity contribution in [1.29, 1.82) is 0 Å². The molecule has 2 N–H and O–H groups in total. The van der Waals surface area contributed by atoms with Gasteiger partial charge in [-0.25, -0.2) is 4.39 Å².